The molecule has 0 saturated carbocycles. The van der Waals surface area contributed by atoms with Gasteiger partial charge >= 0.3 is 6.03 Å². The van der Waals surface area contributed by atoms with Crippen molar-refractivity contribution < 1.29 is 9.59 Å². The van der Waals surface area contributed by atoms with Crippen molar-refractivity contribution in [3.8, 4) is 0 Å². The molecule has 1 aliphatic heterocycles. The molecular formula is C8H12N2O2. The summed E-state index contributed by atoms with van der Waals surface area (Å²) in [5, 5.41) is 4.55. The largest absolute Gasteiger partial charge is 0.326 e. The van der Waals surface area contributed by atoms with E-state index >= 15 is 0 Å². The highest BCUT2D eigenvalue weighted by molar-refractivity contribution is 6.11. The van der Waals surface area contributed by atoms with Crippen LogP contribution < -0.4 is 10.6 Å². The molecule has 4 nitrogen and oxygen atoms in total. The van der Waals surface area contributed by atoms with Gasteiger partial charge in [0.25, 0.3) is 5.91 Å². The van der Waals surface area contributed by atoms with E-state index in [-0.39, 0.29) is 11.3 Å². The fourth-order valence-corrected chi connectivity index (χ4v) is 0.915. The van der Waals surface area contributed by atoms with E-state index in [2.05, 4.69) is 10.6 Å². The van der Waals surface area contributed by atoms with E-state index in [9.17, 15) is 9.59 Å². The summed E-state index contributed by atoms with van der Waals surface area (Å²) in [7, 11) is 0. The molecule has 0 spiro atoms. The highest BCUT2D eigenvalue weighted by Gasteiger charge is 2.24. The quantitative estimate of drug-likeness (QED) is 0.414. The monoisotopic (exact) mass is 168 g/mol. The number of carbonyl (C=O) groups is 2. The normalized spacial score (nSPS) is 21.1. The third-order valence-corrected chi connectivity index (χ3v) is 1.30. The molecule has 1 saturated heterocycles. The molecule has 0 bridgehead atoms. The lowest BCUT2D eigenvalue weighted by atomic mass is 9.95. The van der Waals surface area contributed by atoms with Crippen molar-refractivity contribution in [2.75, 3.05) is 0 Å². The third kappa shape index (κ3) is 2.08. The van der Waals surface area contributed by atoms with Gasteiger partial charge < -0.3 is 5.32 Å². The van der Waals surface area contributed by atoms with E-state index in [1.165, 1.54) is 0 Å². The van der Waals surface area contributed by atoms with Gasteiger partial charge in [-0.15, -0.1) is 0 Å². The maximum atomic E-state index is 11.0. The summed E-state index contributed by atoms with van der Waals surface area (Å²) in [6, 6.07) is -0.449. The first-order chi connectivity index (χ1) is 5.38. The third-order valence-electron chi connectivity index (χ3n) is 1.30. The molecule has 0 aliphatic carbocycles. The number of hydrogen-bond donors (Lipinski definition) is 2. The van der Waals surface area contributed by atoms with E-state index in [1.807, 2.05) is 20.8 Å². The second-order valence-corrected chi connectivity index (χ2v) is 3.83. The smallest absolute Gasteiger partial charge is 0.303 e. The molecule has 0 unspecified atom stereocenters. The SMILES string of the molecule is CC(C)(C)C=C1NC(=O)NC1=O. The van der Waals surface area contributed by atoms with Crippen molar-refractivity contribution in [2.45, 2.75) is 20.8 Å². The fraction of sp³-hybridized carbons (Fsp3) is 0.500. The Bertz CT molecular complexity index is 261. The Morgan fingerprint density at radius 1 is 1.17 bits per heavy atom. The standard InChI is InChI=1S/C8H12N2O2/c1-8(2,3)4-5-6(11)10-7(12)9-5/h4H,1-3H3,(H2,9,10,11,12). The number of imide groups is 1. The minimum atomic E-state index is -0.449. The molecule has 0 atom stereocenters. The number of allylic oxidation sites excluding steroid dienone is 1. The van der Waals surface area contributed by atoms with Crippen LogP contribution in [0.3, 0.4) is 0 Å². The topological polar surface area (TPSA) is 58.2 Å². The van der Waals surface area contributed by atoms with Crippen LogP contribution in [-0.2, 0) is 4.79 Å². The highest BCUT2D eigenvalue weighted by atomic mass is 16.2. The number of urea groups is 1. The first-order valence-electron chi connectivity index (χ1n) is 3.74. The minimum absolute atomic E-state index is 0.107. The fourth-order valence-electron chi connectivity index (χ4n) is 0.915. The van der Waals surface area contributed by atoms with E-state index in [0.29, 0.717) is 5.70 Å². The molecular weight excluding hydrogens is 156 g/mol. The summed E-state index contributed by atoms with van der Waals surface area (Å²) in [4.78, 5) is 21.7. The Labute approximate surface area is 71.0 Å². The lowest BCUT2D eigenvalue weighted by Crippen LogP contribution is -2.22. The Hall–Kier alpha value is -1.32. The van der Waals surface area contributed by atoms with Gasteiger partial charge in [0.2, 0.25) is 0 Å². The zero-order valence-electron chi connectivity index (χ0n) is 7.39. The lowest BCUT2D eigenvalue weighted by molar-refractivity contribution is -0.115. The van der Waals surface area contributed by atoms with E-state index < -0.39 is 6.03 Å². The molecule has 0 aromatic carbocycles. The molecule has 0 aromatic rings. The van der Waals surface area contributed by atoms with Gasteiger partial charge in [0, 0.05) is 0 Å². The molecule has 12 heavy (non-hydrogen) atoms. The predicted molar refractivity (Wildman–Crippen MR) is 44.2 cm³/mol. The van der Waals surface area contributed by atoms with Gasteiger partial charge in [-0.3, -0.25) is 10.1 Å². The summed E-state index contributed by atoms with van der Waals surface area (Å²) >= 11 is 0. The van der Waals surface area contributed by atoms with E-state index in [0.717, 1.165) is 0 Å². The van der Waals surface area contributed by atoms with Crippen LogP contribution in [0, 0.1) is 5.41 Å². The molecule has 2 N–H and O–H groups in total. The van der Waals surface area contributed by atoms with E-state index in [4.69, 9.17) is 0 Å². The molecule has 0 radical (unpaired) electrons. The number of rotatable bonds is 0. The molecule has 3 amide bonds. The van der Waals surface area contributed by atoms with Gasteiger partial charge in [0.05, 0.1) is 0 Å². The summed E-state index contributed by atoms with van der Waals surface area (Å²) in [5.74, 6) is -0.352. The summed E-state index contributed by atoms with van der Waals surface area (Å²) in [6.07, 6.45) is 1.73. The average molecular weight is 168 g/mol. The van der Waals surface area contributed by atoms with Crippen molar-refractivity contribution in [1.29, 1.82) is 0 Å². The Kier molecular flexibility index (Phi) is 1.92. The van der Waals surface area contributed by atoms with Crippen molar-refractivity contribution >= 4 is 11.9 Å². The van der Waals surface area contributed by atoms with Crippen molar-refractivity contribution in [1.82, 2.24) is 10.6 Å². The van der Waals surface area contributed by atoms with Crippen LogP contribution >= 0.6 is 0 Å². The second kappa shape index (κ2) is 2.62. The minimum Gasteiger partial charge on any atom is -0.303 e. The first-order valence-corrected chi connectivity index (χ1v) is 3.74. The van der Waals surface area contributed by atoms with Gasteiger partial charge in [-0.25, -0.2) is 4.79 Å². The van der Waals surface area contributed by atoms with Gasteiger partial charge in [0.1, 0.15) is 5.70 Å². The zero-order chi connectivity index (χ0) is 9.35. The van der Waals surface area contributed by atoms with Crippen molar-refractivity contribution in [2.24, 2.45) is 5.41 Å². The number of hydrogen-bond acceptors (Lipinski definition) is 2. The van der Waals surface area contributed by atoms with Gasteiger partial charge in [0.15, 0.2) is 0 Å². The van der Waals surface area contributed by atoms with Gasteiger partial charge in [-0.05, 0) is 11.5 Å². The van der Waals surface area contributed by atoms with Gasteiger partial charge in [-0.2, -0.15) is 0 Å². The summed E-state index contributed by atoms with van der Waals surface area (Å²) < 4.78 is 0. The van der Waals surface area contributed by atoms with Gasteiger partial charge in [-0.1, -0.05) is 20.8 Å². The molecule has 0 aromatic heterocycles. The summed E-state index contributed by atoms with van der Waals surface area (Å²) in [6.45, 7) is 5.87. The van der Waals surface area contributed by atoms with Crippen molar-refractivity contribution in [3.63, 3.8) is 0 Å². The second-order valence-electron chi connectivity index (χ2n) is 3.83. The Morgan fingerprint density at radius 3 is 2.08 bits per heavy atom. The van der Waals surface area contributed by atoms with Crippen LogP contribution in [0.4, 0.5) is 4.79 Å². The molecule has 66 valence electrons. The molecule has 1 aliphatic rings. The van der Waals surface area contributed by atoms with Crippen LogP contribution in [0.1, 0.15) is 20.8 Å². The average Bonchev–Trinajstić information content (AvgIpc) is 2.06. The molecule has 1 fully saturated rings. The molecule has 1 rings (SSSR count). The Balaban J connectivity index is 2.84. The maximum Gasteiger partial charge on any atom is 0.326 e. The Morgan fingerprint density at radius 2 is 1.75 bits per heavy atom. The highest BCUT2D eigenvalue weighted by Crippen LogP contribution is 2.17. The first kappa shape index (κ1) is 8.77. The lowest BCUT2D eigenvalue weighted by Gasteiger charge is -2.11. The van der Waals surface area contributed by atoms with E-state index in [1.54, 1.807) is 6.08 Å². The maximum absolute atomic E-state index is 11.0. The number of carbonyl (C=O) groups excluding carboxylic acids is 2. The summed E-state index contributed by atoms with van der Waals surface area (Å²) in [5.41, 5.74) is 0.233. The molecule has 1 heterocycles. The molecule has 4 heteroatoms. The van der Waals surface area contributed by atoms with Crippen LogP contribution in [0.15, 0.2) is 11.8 Å². The van der Waals surface area contributed by atoms with Crippen LogP contribution in [-0.4, -0.2) is 11.9 Å². The van der Waals surface area contributed by atoms with Crippen LogP contribution in [0.25, 0.3) is 0 Å². The van der Waals surface area contributed by atoms with Crippen LogP contribution in [0.2, 0.25) is 0 Å². The van der Waals surface area contributed by atoms with Crippen molar-refractivity contribution in [3.05, 3.63) is 11.8 Å². The van der Waals surface area contributed by atoms with Crippen LogP contribution in [0.5, 0.6) is 0 Å². The number of amides is 3. The number of nitrogens with one attached hydrogen (secondary N) is 2. The zero-order valence-corrected chi connectivity index (χ0v) is 7.39. The predicted octanol–water partition coefficient (Wildman–Crippen LogP) is 0.756.